The van der Waals surface area contributed by atoms with Gasteiger partial charge in [-0.25, -0.2) is 0 Å². The maximum atomic E-state index is 12.3. The first kappa shape index (κ1) is 19.2. The Hall–Kier alpha value is -3.08. The fourth-order valence-electron chi connectivity index (χ4n) is 2.36. The van der Waals surface area contributed by atoms with Crippen molar-refractivity contribution in [3.05, 3.63) is 71.3 Å². The van der Waals surface area contributed by atoms with E-state index in [0.29, 0.717) is 12.3 Å². The van der Waals surface area contributed by atoms with Gasteiger partial charge in [-0.05, 0) is 41.3 Å². The van der Waals surface area contributed by atoms with Crippen molar-refractivity contribution in [1.82, 2.24) is 4.90 Å². The lowest BCUT2D eigenvalue weighted by molar-refractivity contribution is -0.125. The summed E-state index contributed by atoms with van der Waals surface area (Å²) < 4.78 is 5.20. The second-order valence-corrected chi connectivity index (χ2v) is 6.02. The van der Waals surface area contributed by atoms with E-state index >= 15 is 0 Å². The SMILES string of the molecule is CCc1ccc(CN(C)C(=O)/C=C/c2ccc(OCC(N)=O)cc2)cc1. The molecule has 0 atom stereocenters. The number of hydrogen-bond acceptors (Lipinski definition) is 3. The largest absolute Gasteiger partial charge is 0.484 e. The van der Waals surface area contributed by atoms with Crippen molar-refractivity contribution >= 4 is 17.9 Å². The molecule has 0 aliphatic rings. The topological polar surface area (TPSA) is 72.6 Å². The van der Waals surface area contributed by atoms with Crippen molar-refractivity contribution in [2.45, 2.75) is 19.9 Å². The van der Waals surface area contributed by atoms with Crippen LogP contribution in [0.15, 0.2) is 54.6 Å². The van der Waals surface area contributed by atoms with Gasteiger partial charge in [0.05, 0.1) is 0 Å². The Morgan fingerprint density at radius 3 is 2.23 bits per heavy atom. The molecule has 2 amide bonds. The van der Waals surface area contributed by atoms with E-state index in [2.05, 4.69) is 31.2 Å². The highest BCUT2D eigenvalue weighted by Gasteiger charge is 2.06. The molecule has 0 saturated heterocycles. The second kappa shape index (κ2) is 9.42. The van der Waals surface area contributed by atoms with E-state index in [1.165, 1.54) is 5.56 Å². The summed E-state index contributed by atoms with van der Waals surface area (Å²) in [5, 5.41) is 0. The highest BCUT2D eigenvalue weighted by molar-refractivity contribution is 5.91. The van der Waals surface area contributed by atoms with Crippen LogP contribution in [0.25, 0.3) is 6.08 Å². The van der Waals surface area contributed by atoms with Gasteiger partial charge in [0.15, 0.2) is 6.61 Å². The van der Waals surface area contributed by atoms with Gasteiger partial charge < -0.3 is 15.4 Å². The Morgan fingerprint density at radius 2 is 1.65 bits per heavy atom. The lowest BCUT2D eigenvalue weighted by Crippen LogP contribution is -2.24. The molecule has 0 bridgehead atoms. The number of nitrogens with zero attached hydrogens (tertiary/aromatic N) is 1. The third kappa shape index (κ3) is 6.09. The molecule has 0 aromatic heterocycles. The molecule has 0 saturated carbocycles. The van der Waals surface area contributed by atoms with Crippen LogP contribution < -0.4 is 10.5 Å². The lowest BCUT2D eigenvalue weighted by atomic mass is 10.1. The van der Waals surface area contributed by atoms with Crippen LogP contribution in [0.3, 0.4) is 0 Å². The summed E-state index contributed by atoms with van der Waals surface area (Å²) in [6.07, 6.45) is 4.29. The standard InChI is InChI=1S/C21H24N2O3/c1-3-16-4-6-18(7-5-16)14-23(2)21(25)13-10-17-8-11-19(12-9-17)26-15-20(22)24/h4-13H,3,14-15H2,1-2H3,(H2,22,24)/b13-10+. The van der Waals surface area contributed by atoms with Crippen LogP contribution in [-0.2, 0) is 22.6 Å². The number of amides is 2. The molecule has 2 aromatic carbocycles. The fraction of sp³-hybridized carbons (Fsp3) is 0.238. The van der Waals surface area contributed by atoms with Crippen LogP contribution in [-0.4, -0.2) is 30.4 Å². The molecule has 0 spiro atoms. The van der Waals surface area contributed by atoms with Crippen LogP contribution in [0.5, 0.6) is 5.75 Å². The van der Waals surface area contributed by atoms with Crippen LogP contribution in [0.1, 0.15) is 23.6 Å². The van der Waals surface area contributed by atoms with Crippen LogP contribution >= 0.6 is 0 Å². The number of aryl methyl sites for hydroxylation is 1. The molecule has 0 radical (unpaired) electrons. The van der Waals surface area contributed by atoms with Crippen molar-refractivity contribution in [3.63, 3.8) is 0 Å². The number of rotatable bonds is 8. The molecule has 2 rings (SSSR count). The molecule has 2 aromatic rings. The number of nitrogens with two attached hydrogens (primary N) is 1. The number of ether oxygens (including phenoxy) is 1. The number of carbonyl (C=O) groups excluding carboxylic acids is 2. The van der Waals surface area contributed by atoms with Gasteiger partial charge in [-0.2, -0.15) is 0 Å². The smallest absolute Gasteiger partial charge is 0.255 e. The van der Waals surface area contributed by atoms with Gasteiger partial charge in [-0.1, -0.05) is 43.3 Å². The molecule has 136 valence electrons. The van der Waals surface area contributed by atoms with Gasteiger partial charge in [-0.3, -0.25) is 9.59 Å². The minimum absolute atomic E-state index is 0.0707. The van der Waals surface area contributed by atoms with E-state index in [-0.39, 0.29) is 12.5 Å². The Bertz CT molecular complexity index is 765. The normalized spacial score (nSPS) is 10.7. The molecule has 0 aliphatic carbocycles. The summed E-state index contributed by atoms with van der Waals surface area (Å²) in [5.74, 6) is -0.0366. The minimum atomic E-state index is -0.521. The predicted molar refractivity (Wildman–Crippen MR) is 102 cm³/mol. The summed E-state index contributed by atoms with van der Waals surface area (Å²) in [5.41, 5.74) is 8.28. The first-order valence-electron chi connectivity index (χ1n) is 8.50. The summed E-state index contributed by atoms with van der Waals surface area (Å²) >= 11 is 0. The Balaban J connectivity index is 1.89. The number of carbonyl (C=O) groups is 2. The maximum Gasteiger partial charge on any atom is 0.255 e. The first-order valence-corrected chi connectivity index (χ1v) is 8.50. The van der Waals surface area contributed by atoms with Crippen LogP contribution in [0, 0.1) is 0 Å². The zero-order chi connectivity index (χ0) is 18.9. The quantitative estimate of drug-likeness (QED) is 0.743. The van der Waals surface area contributed by atoms with Crippen molar-refractivity contribution in [2.75, 3.05) is 13.7 Å². The zero-order valence-electron chi connectivity index (χ0n) is 15.1. The van der Waals surface area contributed by atoms with Crippen LogP contribution in [0.4, 0.5) is 0 Å². The van der Waals surface area contributed by atoms with Gasteiger partial charge in [-0.15, -0.1) is 0 Å². The van der Waals surface area contributed by atoms with Crippen molar-refractivity contribution in [1.29, 1.82) is 0 Å². The number of benzene rings is 2. The Morgan fingerprint density at radius 1 is 1.04 bits per heavy atom. The number of hydrogen-bond donors (Lipinski definition) is 1. The van der Waals surface area contributed by atoms with E-state index in [4.69, 9.17) is 10.5 Å². The van der Waals surface area contributed by atoms with Gasteiger partial charge in [0.25, 0.3) is 5.91 Å². The summed E-state index contributed by atoms with van der Waals surface area (Å²) in [7, 11) is 1.78. The maximum absolute atomic E-state index is 12.3. The van der Waals surface area contributed by atoms with E-state index in [0.717, 1.165) is 17.5 Å². The molecule has 0 heterocycles. The molecular formula is C21H24N2O3. The lowest BCUT2D eigenvalue weighted by Gasteiger charge is -2.15. The molecule has 26 heavy (non-hydrogen) atoms. The van der Waals surface area contributed by atoms with Gasteiger partial charge in [0, 0.05) is 19.7 Å². The number of likely N-dealkylation sites (N-methyl/N-ethyl adjacent to an activating group) is 1. The van der Waals surface area contributed by atoms with Crippen LogP contribution in [0.2, 0.25) is 0 Å². The summed E-state index contributed by atoms with van der Waals surface area (Å²) in [6, 6.07) is 15.4. The van der Waals surface area contributed by atoms with E-state index in [1.807, 2.05) is 12.1 Å². The first-order chi connectivity index (χ1) is 12.5. The third-order valence-electron chi connectivity index (χ3n) is 3.91. The third-order valence-corrected chi connectivity index (χ3v) is 3.91. The molecule has 0 fully saturated rings. The van der Waals surface area contributed by atoms with Crippen molar-refractivity contribution in [3.8, 4) is 5.75 Å². The predicted octanol–water partition coefficient (Wildman–Crippen LogP) is 2.78. The minimum Gasteiger partial charge on any atom is -0.484 e. The highest BCUT2D eigenvalue weighted by atomic mass is 16.5. The van der Waals surface area contributed by atoms with Crippen molar-refractivity contribution < 1.29 is 14.3 Å². The van der Waals surface area contributed by atoms with Gasteiger partial charge in [0.1, 0.15) is 5.75 Å². The Labute approximate surface area is 154 Å². The molecule has 0 unspecified atom stereocenters. The molecule has 5 heteroatoms. The monoisotopic (exact) mass is 352 g/mol. The molecule has 5 nitrogen and oxygen atoms in total. The van der Waals surface area contributed by atoms with E-state index < -0.39 is 5.91 Å². The molecule has 0 aliphatic heterocycles. The Kier molecular flexibility index (Phi) is 6.97. The van der Waals surface area contributed by atoms with E-state index in [9.17, 15) is 9.59 Å². The summed E-state index contributed by atoms with van der Waals surface area (Å²) in [6.45, 7) is 2.52. The summed E-state index contributed by atoms with van der Waals surface area (Å²) in [4.78, 5) is 24.6. The second-order valence-electron chi connectivity index (χ2n) is 6.02. The fourth-order valence-corrected chi connectivity index (χ4v) is 2.36. The number of primary amides is 1. The highest BCUT2D eigenvalue weighted by Crippen LogP contribution is 2.13. The zero-order valence-corrected chi connectivity index (χ0v) is 15.1. The van der Waals surface area contributed by atoms with Crippen molar-refractivity contribution in [2.24, 2.45) is 5.73 Å². The van der Waals surface area contributed by atoms with E-state index in [1.54, 1.807) is 36.2 Å². The molecular weight excluding hydrogens is 328 g/mol. The average Bonchev–Trinajstić information content (AvgIpc) is 2.65. The van der Waals surface area contributed by atoms with Gasteiger partial charge >= 0.3 is 0 Å². The molecule has 2 N–H and O–H groups in total. The average molecular weight is 352 g/mol. The van der Waals surface area contributed by atoms with Gasteiger partial charge in [0.2, 0.25) is 5.91 Å².